The Bertz CT molecular complexity index is 389. The van der Waals surface area contributed by atoms with Crippen LogP contribution < -0.4 is 10.2 Å². The molecule has 100 valence electrons. The summed E-state index contributed by atoms with van der Waals surface area (Å²) in [7, 11) is 0. The number of allylic oxidation sites excluding steroid dienone is 4. The van der Waals surface area contributed by atoms with Crippen LogP contribution in [0.3, 0.4) is 0 Å². The molecule has 0 unspecified atom stereocenters. The summed E-state index contributed by atoms with van der Waals surface area (Å²) in [5, 5.41) is 21.8. The van der Waals surface area contributed by atoms with E-state index in [9.17, 15) is 19.8 Å². The molecule has 0 N–H and O–H groups in total. The largest absolute Gasteiger partial charge is 0.550 e. The Morgan fingerprint density at radius 1 is 1.22 bits per heavy atom. The van der Waals surface area contributed by atoms with Gasteiger partial charge in [-0.2, -0.15) is 0 Å². The average Bonchev–Trinajstić information content (AvgIpc) is 2.28. The minimum Gasteiger partial charge on any atom is -0.550 e. The fourth-order valence-electron chi connectivity index (χ4n) is 2.25. The number of rotatable bonds is 4. The van der Waals surface area contributed by atoms with Crippen LogP contribution in [0.15, 0.2) is 23.3 Å². The molecule has 18 heavy (non-hydrogen) atoms. The van der Waals surface area contributed by atoms with Crippen molar-refractivity contribution in [2.24, 2.45) is 11.8 Å². The molecular formula is C14H18O4-2. The van der Waals surface area contributed by atoms with E-state index in [1.165, 1.54) is 5.57 Å². The van der Waals surface area contributed by atoms with Gasteiger partial charge in [0.25, 0.3) is 0 Å². The van der Waals surface area contributed by atoms with Gasteiger partial charge >= 0.3 is 0 Å². The molecule has 0 radical (unpaired) electrons. The summed E-state index contributed by atoms with van der Waals surface area (Å²) in [4.78, 5) is 21.8. The lowest BCUT2D eigenvalue weighted by Crippen LogP contribution is -2.45. The van der Waals surface area contributed by atoms with Gasteiger partial charge in [-0.3, -0.25) is 0 Å². The maximum absolute atomic E-state index is 11.0. The van der Waals surface area contributed by atoms with Crippen LogP contribution in [0, 0.1) is 11.8 Å². The predicted octanol–water partition coefficient (Wildman–Crippen LogP) is 0.185. The number of carboxylic acid groups (broad SMARTS) is 2. The zero-order valence-corrected chi connectivity index (χ0v) is 10.8. The van der Waals surface area contributed by atoms with E-state index in [0.717, 1.165) is 12.0 Å². The summed E-state index contributed by atoms with van der Waals surface area (Å²) in [5.41, 5.74) is 2.20. The Kier molecular flexibility index (Phi) is 5.13. The minimum absolute atomic E-state index is 0.261. The molecule has 0 aromatic rings. The minimum atomic E-state index is -1.29. The molecule has 4 heteroatoms. The quantitative estimate of drug-likeness (QED) is 0.667. The standard InChI is InChI=1S/C14H20O4/c1-9(2)4-3-5-10-6-7-11(13(15)16)12(8-10)14(17)18/h4-5,11-12H,3,6-8H2,1-2H3,(H,15,16)(H,17,18)/p-2/b10-5-/t11-,12+/m0/s1. The van der Waals surface area contributed by atoms with Crippen molar-refractivity contribution >= 4 is 11.9 Å². The number of hydrogen-bond donors (Lipinski definition) is 0. The van der Waals surface area contributed by atoms with E-state index in [-0.39, 0.29) is 6.42 Å². The van der Waals surface area contributed by atoms with Crippen LogP contribution >= 0.6 is 0 Å². The molecule has 0 heterocycles. The van der Waals surface area contributed by atoms with E-state index >= 15 is 0 Å². The van der Waals surface area contributed by atoms with Gasteiger partial charge in [-0.25, -0.2) is 0 Å². The molecule has 0 aromatic carbocycles. The third-order valence-electron chi connectivity index (χ3n) is 3.28. The van der Waals surface area contributed by atoms with Crippen LogP contribution in [0.25, 0.3) is 0 Å². The number of carbonyl (C=O) groups excluding carboxylic acids is 2. The first-order valence-electron chi connectivity index (χ1n) is 6.14. The van der Waals surface area contributed by atoms with Crippen LogP contribution in [-0.2, 0) is 9.59 Å². The van der Waals surface area contributed by atoms with Crippen molar-refractivity contribution in [1.29, 1.82) is 0 Å². The van der Waals surface area contributed by atoms with Gasteiger partial charge in [-0.05, 0) is 39.5 Å². The normalized spacial score (nSPS) is 25.8. The van der Waals surface area contributed by atoms with E-state index in [2.05, 4.69) is 0 Å². The predicted molar refractivity (Wildman–Crippen MR) is 63.0 cm³/mol. The zero-order chi connectivity index (χ0) is 13.7. The first kappa shape index (κ1) is 14.5. The van der Waals surface area contributed by atoms with E-state index in [4.69, 9.17) is 0 Å². The third-order valence-corrected chi connectivity index (χ3v) is 3.28. The second kappa shape index (κ2) is 6.38. The van der Waals surface area contributed by atoms with Crippen molar-refractivity contribution in [2.75, 3.05) is 0 Å². The molecule has 1 rings (SSSR count). The van der Waals surface area contributed by atoms with E-state index in [1.807, 2.05) is 26.0 Å². The summed E-state index contributed by atoms with van der Waals surface area (Å²) in [6.45, 7) is 3.99. The number of carboxylic acids is 2. The SMILES string of the molecule is CC(C)=CC/C=C1/CC[C@H](C(=O)[O-])[C@H](C(=O)[O-])C1. The molecule has 0 spiro atoms. The first-order valence-corrected chi connectivity index (χ1v) is 6.14. The Labute approximate surface area is 107 Å². The molecular weight excluding hydrogens is 232 g/mol. The van der Waals surface area contributed by atoms with Crippen LogP contribution in [0.5, 0.6) is 0 Å². The second-order valence-corrected chi connectivity index (χ2v) is 4.97. The van der Waals surface area contributed by atoms with Gasteiger partial charge in [0, 0.05) is 23.8 Å². The number of hydrogen-bond acceptors (Lipinski definition) is 4. The van der Waals surface area contributed by atoms with Crippen LogP contribution in [0.4, 0.5) is 0 Å². The second-order valence-electron chi connectivity index (χ2n) is 4.97. The van der Waals surface area contributed by atoms with Crippen molar-refractivity contribution in [2.45, 2.75) is 39.5 Å². The third kappa shape index (κ3) is 4.02. The van der Waals surface area contributed by atoms with E-state index in [1.54, 1.807) is 0 Å². The lowest BCUT2D eigenvalue weighted by Gasteiger charge is -2.34. The highest BCUT2D eigenvalue weighted by molar-refractivity contribution is 5.78. The fourth-order valence-corrected chi connectivity index (χ4v) is 2.25. The van der Waals surface area contributed by atoms with Gasteiger partial charge in [0.05, 0.1) is 0 Å². The van der Waals surface area contributed by atoms with Crippen molar-refractivity contribution in [3.63, 3.8) is 0 Å². The molecule has 0 saturated heterocycles. The monoisotopic (exact) mass is 250 g/mol. The molecule has 4 nitrogen and oxygen atoms in total. The fraction of sp³-hybridized carbons (Fsp3) is 0.571. The van der Waals surface area contributed by atoms with Crippen LogP contribution in [0.1, 0.15) is 39.5 Å². The van der Waals surface area contributed by atoms with Crippen molar-refractivity contribution in [1.82, 2.24) is 0 Å². The summed E-state index contributed by atoms with van der Waals surface area (Å²) < 4.78 is 0. The summed E-state index contributed by atoms with van der Waals surface area (Å²) >= 11 is 0. The smallest absolute Gasteiger partial charge is 0.0455 e. The van der Waals surface area contributed by atoms with Gasteiger partial charge < -0.3 is 19.8 Å². The van der Waals surface area contributed by atoms with Crippen LogP contribution in [-0.4, -0.2) is 11.9 Å². The highest BCUT2D eigenvalue weighted by Crippen LogP contribution is 2.33. The molecule has 0 amide bonds. The Morgan fingerprint density at radius 3 is 2.33 bits per heavy atom. The number of aliphatic carboxylic acids is 2. The molecule has 0 bridgehead atoms. The van der Waals surface area contributed by atoms with Gasteiger partial charge in [-0.15, -0.1) is 0 Å². The Morgan fingerprint density at radius 2 is 1.83 bits per heavy atom. The summed E-state index contributed by atoms with van der Waals surface area (Å²) in [5.74, 6) is -4.46. The Balaban J connectivity index is 2.71. The molecule has 0 aromatic heterocycles. The van der Waals surface area contributed by atoms with Gasteiger partial charge in [0.15, 0.2) is 0 Å². The molecule has 1 fully saturated rings. The van der Waals surface area contributed by atoms with Crippen molar-refractivity contribution < 1.29 is 19.8 Å². The highest BCUT2D eigenvalue weighted by Gasteiger charge is 2.29. The molecule has 1 aliphatic carbocycles. The van der Waals surface area contributed by atoms with Gasteiger partial charge in [-0.1, -0.05) is 23.3 Å². The molecule has 1 aliphatic rings. The first-order chi connectivity index (χ1) is 8.41. The van der Waals surface area contributed by atoms with Gasteiger partial charge in [0.2, 0.25) is 0 Å². The highest BCUT2D eigenvalue weighted by atomic mass is 16.4. The topological polar surface area (TPSA) is 80.3 Å². The lowest BCUT2D eigenvalue weighted by molar-refractivity contribution is -0.327. The van der Waals surface area contributed by atoms with Gasteiger partial charge in [0.1, 0.15) is 0 Å². The summed E-state index contributed by atoms with van der Waals surface area (Å²) in [6.07, 6.45) is 5.99. The lowest BCUT2D eigenvalue weighted by atomic mass is 9.76. The molecule has 2 atom stereocenters. The van der Waals surface area contributed by atoms with Crippen LogP contribution in [0.2, 0.25) is 0 Å². The summed E-state index contributed by atoms with van der Waals surface area (Å²) in [6, 6.07) is 0. The molecule has 1 saturated carbocycles. The van der Waals surface area contributed by atoms with E-state index in [0.29, 0.717) is 12.8 Å². The maximum atomic E-state index is 11.0. The maximum Gasteiger partial charge on any atom is 0.0455 e. The molecule has 0 aliphatic heterocycles. The zero-order valence-electron chi connectivity index (χ0n) is 10.8. The Hall–Kier alpha value is -1.58. The number of carbonyl (C=O) groups is 2. The van der Waals surface area contributed by atoms with Crippen molar-refractivity contribution in [3.8, 4) is 0 Å². The van der Waals surface area contributed by atoms with E-state index < -0.39 is 23.8 Å². The average molecular weight is 250 g/mol. The van der Waals surface area contributed by atoms with Crippen molar-refractivity contribution in [3.05, 3.63) is 23.3 Å².